The van der Waals surface area contributed by atoms with Gasteiger partial charge in [0, 0.05) is 25.1 Å². The van der Waals surface area contributed by atoms with E-state index in [9.17, 15) is 0 Å². The van der Waals surface area contributed by atoms with Crippen LogP contribution in [0, 0.1) is 5.92 Å². The number of rotatable bonds is 5. The Balaban J connectivity index is 0.00000128. The summed E-state index contributed by atoms with van der Waals surface area (Å²) in [4.78, 5) is 4.48. The van der Waals surface area contributed by atoms with E-state index in [2.05, 4.69) is 22.6 Å². The molecule has 0 spiro atoms. The first-order chi connectivity index (χ1) is 7.28. The molecule has 5 heteroatoms. The van der Waals surface area contributed by atoms with Gasteiger partial charge in [-0.05, 0) is 18.8 Å². The number of aromatic nitrogens is 1. The van der Waals surface area contributed by atoms with Crippen molar-refractivity contribution in [2.24, 2.45) is 5.92 Å². The molecule has 1 aliphatic rings. The van der Waals surface area contributed by atoms with Crippen molar-refractivity contribution < 1.29 is 4.74 Å². The molecule has 0 saturated heterocycles. The number of hydrogen-bond donors (Lipinski definition) is 1. The van der Waals surface area contributed by atoms with Gasteiger partial charge in [-0.15, -0.1) is 23.7 Å². The molecule has 1 fully saturated rings. The number of nitrogens with zero attached hydrogens (tertiary/aromatic N) is 1. The Bertz CT molecular complexity index is 313. The van der Waals surface area contributed by atoms with Crippen molar-refractivity contribution in [3.8, 4) is 0 Å². The second-order valence-corrected chi connectivity index (χ2v) is 5.26. The number of thiazole rings is 1. The van der Waals surface area contributed by atoms with Gasteiger partial charge in [0.1, 0.15) is 5.01 Å². The second-order valence-electron chi connectivity index (χ2n) is 4.32. The second kappa shape index (κ2) is 6.55. The molecule has 0 unspecified atom stereocenters. The third-order valence-electron chi connectivity index (χ3n) is 2.81. The molecule has 0 aliphatic heterocycles. The Morgan fingerprint density at radius 1 is 1.56 bits per heavy atom. The first kappa shape index (κ1) is 13.9. The van der Waals surface area contributed by atoms with Gasteiger partial charge in [-0.3, -0.25) is 0 Å². The fraction of sp³-hybridized carbons (Fsp3) is 0.727. The van der Waals surface area contributed by atoms with E-state index in [0.717, 1.165) is 23.2 Å². The van der Waals surface area contributed by atoms with Crippen LogP contribution in [0.2, 0.25) is 0 Å². The summed E-state index contributed by atoms with van der Waals surface area (Å²) in [6, 6.07) is 0.715. The van der Waals surface area contributed by atoms with Gasteiger partial charge in [0.25, 0.3) is 0 Å². The zero-order valence-corrected chi connectivity index (χ0v) is 11.4. The number of halogens is 1. The Morgan fingerprint density at radius 3 is 2.94 bits per heavy atom. The summed E-state index contributed by atoms with van der Waals surface area (Å²) in [5, 5.41) is 6.71. The van der Waals surface area contributed by atoms with Crippen LogP contribution in [0.3, 0.4) is 0 Å². The van der Waals surface area contributed by atoms with Crippen molar-refractivity contribution in [1.29, 1.82) is 0 Å². The minimum absolute atomic E-state index is 0. The van der Waals surface area contributed by atoms with Gasteiger partial charge in [-0.2, -0.15) is 0 Å². The summed E-state index contributed by atoms with van der Waals surface area (Å²) in [7, 11) is 1.70. The standard InChI is InChI=1S/C11H18N2OS.ClH/c1-8-3-9(4-8)12-5-10-7-15-11(13-10)6-14-2;/h7-9,12H,3-6H2,1-2H3;1H. The highest BCUT2D eigenvalue weighted by Gasteiger charge is 2.24. The van der Waals surface area contributed by atoms with Crippen LogP contribution in [-0.4, -0.2) is 18.1 Å². The van der Waals surface area contributed by atoms with Crippen molar-refractivity contribution in [3.05, 3.63) is 16.1 Å². The molecule has 0 atom stereocenters. The molecule has 1 aromatic rings. The molecule has 92 valence electrons. The topological polar surface area (TPSA) is 34.1 Å². The maximum atomic E-state index is 5.04. The quantitative estimate of drug-likeness (QED) is 0.886. The Kier molecular flexibility index (Phi) is 5.69. The lowest BCUT2D eigenvalue weighted by Gasteiger charge is -2.33. The predicted molar refractivity (Wildman–Crippen MR) is 69.1 cm³/mol. The van der Waals surface area contributed by atoms with Gasteiger partial charge in [-0.25, -0.2) is 4.98 Å². The van der Waals surface area contributed by atoms with Crippen LogP contribution in [0.15, 0.2) is 5.38 Å². The average Bonchev–Trinajstić information content (AvgIpc) is 2.59. The molecule has 0 bridgehead atoms. The molecule has 3 nitrogen and oxygen atoms in total. The smallest absolute Gasteiger partial charge is 0.119 e. The first-order valence-corrected chi connectivity index (χ1v) is 6.31. The van der Waals surface area contributed by atoms with Gasteiger partial charge in [0.2, 0.25) is 0 Å². The largest absolute Gasteiger partial charge is 0.378 e. The highest BCUT2D eigenvalue weighted by molar-refractivity contribution is 7.09. The van der Waals surface area contributed by atoms with E-state index < -0.39 is 0 Å². The van der Waals surface area contributed by atoms with Crippen LogP contribution < -0.4 is 5.32 Å². The molecular formula is C11H19ClN2OS. The highest BCUT2D eigenvalue weighted by Crippen LogP contribution is 2.26. The van der Waals surface area contributed by atoms with Crippen LogP contribution in [-0.2, 0) is 17.9 Å². The monoisotopic (exact) mass is 262 g/mol. The lowest BCUT2D eigenvalue weighted by Crippen LogP contribution is -2.39. The summed E-state index contributed by atoms with van der Waals surface area (Å²) < 4.78 is 5.04. The van der Waals surface area contributed by atoms with Crippen molar-refractivity contribution in [2.75, 3.05) is 7.11 Å². The third-order valence-corrected chi connectivity index (χ3v) is 3.68. The van der Waals surface area contributed by atoms with E-state index >= 15 is 0 Å². The van der Waals surface area contributed by atoms with Gasteiger partial charge in [0.15, 0.2) is 0 Å². The zero-order chi connectivity index (χ0) is 10.7. The van der Waals surface area contributed by atoms with Crippen LogP contribution in [0.4, 0.5) is 0 Å². The summed E-state index contributed by atoms with van der Waals surface area (Å²) in [5.74, 6) is 0.905. The molecule has 0 aromatic carbocycles. The number of ether oxygens (including phenoxy) is 1. The minimum atomic E-state index is 0. The molecule has 0 radical (unpaired) electrons. The van der Waals surface area contributed by atoms with Gasteiger partial charge < -0.3 is 10.1 Å². The Hall–Kier alpha value is -0.160. The van der Waals surface area contributed by atoms with E-state index in [1.165, 1.54) is 12.8 Å². The molecule has 1 aromatic heterocycles. The SMILES string of the molecule is COCc1nc(CNC2CC(C)C2)cs1.Cl. The van der Waals surface area contributed by atoms with Crippen LogP contribution >= 0.6 is 23.7 Å². The number of nitrogens with one attached hydrogen (secondary N) is 1. The molecule has 1 N–H and O–H groups in total. The maximum absolute atomic E-state index is 5.04. The van der Waals surface area contributed by atoms with Gasteiger partial charge >= 0.3 is 0 Å². The number of methoxy groups -OCH3 is 1. The van der Waals surface area contributed by atoms with E-state index in [1.807, 2.05) is 0 Å². The van der Waals surface area contributed by atoms with E-state index in [1.54, 1.807) is 18.4 Å². The Morgan fingerprint density at radius 2 is 2.31 bits per heavy atom. The van der Waals surface area contributed by atoms with E-state index in [0.29, 0.717) is 12.6 Å². The van der Waals surface area contributed by atoms with Crippen molar-refractivity contribution >= 4 is 23.7 Å². The molecule has 16 heavy (non-hydrogen) atoms. The van der Waals surface area contributed by atoms with E-state index in [-0.39, 0.29) is 12.4 Å². The fourth-order valence-electron chi connectivity index (χ4n) is 1.94. The summed E-state index contributed by atoms with van der Waals surface area (Å²) in [6.45, 7) is 3.83. The third kappa shape index (κ3) is 3.70. The van der Waals surface area contributed by atoms with Gasteiger partial charge in [-0.1, -0.05) is 6.92 Å². The predicted octanol–water partition coefficient (Wildman–Crippen LogP) is 2.60. The molecule has 2 rings (SSSR count). The van der Waals surface area contributed by atoms with Crippen LogP contribution in [0.5, 0.6) is 0 Å². The first-order valence-electron chi connectivity index (χ1n) is 5.43. The molecular weight excluding hydrogens is 244 g/mol. The Labute approximate surface area is 107 Å². The molecule has 0 amide bonds. The minimum Gasteiger partial charge on any atom is -0.378 e. The summed E-state index contributed by atoms with van der Waals surface area (Å²) in [6.07, 6.45) is 2.63. The highest BCUT2D eigenvalue weighted by atomic mass is 35.5. The van der Waals surface area contributed by atoms with Crippen molar-refractivity contribution in [2.45, 2.75) is 39.0 Å². The van der Waals surface area contributed by atoms with Crippen molar-refractivity contribution in [3.63, 3.8) is 0 Å². The van der Waals surface area contributed by atoms with Crippen LogP contribution in [0.25, 0.3) is 0 Å². The zero-order valence-electron chi connectivity index (χ0n) is 9.73. The summed E-state index contributed by atoms with van der Waals surface area (Å²) in [5.41, 5.74) is 1.15. The molecule has 1 heterocycles. The normalized spacial score (nSPS) is 23.6. The van der Waals surface area contributed by atoms with Crippen LogP contribution in [0.1, 0.15) is 30.5 Å². The summed E-state index contributed by atoms with van der Waals surface area (Å²) >= 11 is 1.68. The van der Waals surface area contributed by atoms with E-state index in [4.69, 9.17) is 4.74 Å². The fourth-order valence-corrected chi connectivity index (χ4v) is 2.70. The molecule has 1 saturated carbocycles. The lowest BCUT2D eigenvalue weighted by molar-refractivity contribution is 0.184. The van der Waals surface area contributed by atoms with Crippen molar-refractivity contribution in [1.82, 2.24) is 10.3 Å². The number of hydrogen-bond acceptors (Lipinski definition) is 4. The lowest BCUT2D eigenvalue weighted by atomic mass is 9.82. The molecule has 1 aliphatic carbocycles. The van der Waals surface area contributed by atoms with Gasteiger partial charge in [0.05, 0.1) is 12.3 Å². The average molecular weight is 263 g/mol. The maximum Gasteiger partial charge on any atom is 0.119 e.